The van der Waals surface area contributed by atoms with Crippen molar-refractivity contribution in [2.45, 2.75) is 23.8 Å². The molecule has 1 aromatic heterocycles. The molecule has 1 fully saturated rings. The number of carboxylic acid groups (broad SMARTS) is 1. The SMILES string of the molecule is CN(CCC(=O)O)S(=O)(=O)c1cnn(C2CCOC2)c1. The van der Waals surface area contributed by atoms with Gasteiger partial charge in [-0.05, 0) is 6.42 Å². The van der Waals surface area contributed by atoms with Crippen molar-refractivity contribution in [2.75, 3.05) is 26.8 Å². The van der Waals surface area contributed by atoms with Gasteiger partial charge in [-0.2, -0.15) is 5.10 Å². The third kappa shape index (κ3) is 3.17. The van der Waals surface area contributed by atoms with Gasteiger partial charge in [-0.15, -0.1) is 0 Å². The van der Waals surface area contributed by atoms with Crippen LogP contribution in [0.15, 0.2) is 17.3 Å². The Morgan fingerprint density at radius 3 is 3.00 bits per heavy atom. The maximum Gasteiger partial charge on any atom is 0.304 e. The highest BCUT2D eigenvalue weighted by Gasteiger charge is 2.25. The first-order valence-corrected chi connectivity index (χ1v) is 7.65. The molecule has 1 aliphatic heterocycles. The summed E-state index contributed by atoms with van der Waals surface area (Å²) in [4.78, 5) is 10.6. The molecule has 1 aromatic rings. The molecule has 1 aliphatic rings. The van der Waals surface area contributed by atoms with E-state index >= 15 is 0 Å². The normalized spacial score (nSPS) is 19.6. The van der Waals surface area contributed by atoms with E-state index in [1.54, 1.807) is 4.68 Å². The van der Waals surface area contributed by atoms with E-state index in [0.29, 0.717) is 13.2 Å². The van der Waals surface area contributed by atoms with Crippen LogP contribution < -0.4 is 0 Å². The summed E-state index contributed by atoms with van der Waals surface area (Å²) >= 11 is 0. The maximum absolute atomic E-state index is 12.2. The lowest BCUT2D eigenvalue weighted by atomic mass is 10.3. The molecule has 0 aliphatic carbocycles. The average molecular weight is 303 g/mol. The molecule has 0 bridgehead atoms. The Morgan fingerprint density at radius 2 is 2.40 bits per heavy atom. The monoisotopic (exact) mass is 303 g/mol. The van der Waals surface area contributed by atoms with E-state index in [9.17, 15) is 13.2 Å². The van der Waals surface area contributed by atoms with Crippen LogP contribution in [0, 0.1) is 0 Å². The van der Waals surface area contributed by atoms with Crippen molar-refractivity contribution in [3.8, 4) is 0 Å². The summed E-state index contributed by atoms with van der Waals surface area (Å²) in [6, 6.07) is 0.0586. The van der Waals surface area contributed by atoms with Crippen LogP contribution in [0.2, 0.25) is 0 Å². The summed E-state index contributed by atoms with van der Waals surface area (Å²) in [5.41, 5.74) is 0. The zero-order valence-electron chi connectivity index (χ0n) is 11.1. The number of aromatic nitrogens is 2. The molecule has 0 saturated carbocycles. The largest absolute Gasteiger partial charge is 0.481 e. The molecule has 20 heavy (non-hydrogen) atoms. The second-order valence-electron chi connectivity index (χ2n) is 4.64. The number of carboxylic acids is 1. The number of carbonyl (C=O) groups is 1. The first kappa shape index (κ1) is 14.9. The lowest BCUT2D eigenvalue weighted by Crippen LogP contribution is -2.29. The van der Waals surface area contributed by atoms with Crippen molar-refractivity contribution in [1.29, 1.82) is 0 Å². The highest BCUT2D eigenvalue weighted by atomic mass is 32.2. The van der Waals surface area contributed by atoms with Crippen molar-refractivity contribution in [3.63, 3.8) is 0 Å². The Morgan fingerprint density at radius 1 is 1.65 bits per heavy atom. The Kier molecular flexibility index (Phi) is 4.41. The van der Waals surface area contributed by atoms with Gasteiger partial charge in [0.15, 0.2) is 0 Å². The standard InChI is InChI=1S/C11H17N3O5S/c1-13(4-2-11(15)16)20(17,18)10-6-12-14(7-10)9-3-5-19-8-9/h6-7,9H,2-5,8H2,1H3,(H,15,16). The van der Waals surface area contributed by atoms with E-state index in [1.165, 1.54) is 19.4 Å². The predicted molar refractivity (Wildman–Crippen MR) is 68.8 cm³/mol. The molecule has 0 spiro atoms. The smallest absolute Gasteiger partial charge is 0.304 e. The van der Waals surface area contributed by atoms with Crippen molar-refractivity contribution in [2.24, 2.45) is 0 Å². The zero-order chi connectivity index (χ0) is 14.8. The second kappa shape index (κ2) is 5.90. The van der Waals surface area contributed by atoms with Crippen molar-refractivity contribution >= 4 is 16.0 Å². The number of sulfonamides is 1. The number of hydrogen-bond donors (Lipinski definition) is 1. The van der Waals surface area contributed by atoms with Gasteiger partial charge >= 0.3 is 5.97 Å². The fraction of sp³-hybridized carbons (Fsp3) is 0.636. The van der Waals surface area contributed by atoms with Crippen LogP contribution in [0.4, 0.5) is 0 Å². The van der Waals surface area contributed by atoms with Crippen LogP contribution in [-0.4, -0.2) is 60.4 Å². The van der Waals surface area contributed by atoms with Gasteiger partial charge in [-0.3, -0.25) is 9.48 Å². The van der Waals surface area contributed by atoms with Crippen molar-refractivity contribution < 1.29 is 23.1 Å². The van der Waals surface area contributed by atoms with Gasteiger partial charge in [0.1, 0.15) is 4.90 Å². The molecule has 8 nitrogen and oxygen atoms in total. The van der Waals surface area contributed by atoms with Crippen LogP contribution in [-0.2, 0) is 19.6 Å². The molecular formula is C11H17N3O5S. The molecular weight excluding hydrogens is 286 g/mol. The highest BCUT2D eigenvalue weighted by molar-refractivity contribution is 7.89. The molecule has 1 saturated heterocycles. The maximum atomic E-state index is 12.2. The first-order chi connectivity index (χ1) is 9.41. The molecule has 9 heteroatoms. The minimum atomic E-state index is -3.70. The van der Waals surface area contributed by atoms with Gasteiger partial charge in [0, 0.05) is 26.4 Å². The minimum Gasteiger partial charge on any atom is -0.481 e. The van der Waals surface area contributed by atoms with E-state index in [4.69, 9.17) is 9.84 Å². The van der Waals surface area contributed by atoms with Crippen LogP contribution in [0.5, 0.6) is 0 Å². The fourth-order valence-electron chi connectivity index (χ4n) is 1.94. The van der Waals surface area contributed by atoms with Crippen LogP contribution in [0.25, 0.3) is 0 Å². The predicted octanol–water partition coefficient (Wildman–Crippen LogP) is -0.0603. The molecule has 1 unspecified atom stereocenters. The molecule has 0 radical (unpaired) electrons. The second-order valence-corrected chi connectivity index (χ2v) is 6.69. The molecule has 0 amide bonds. The summed E-state index contributed by atoms with van der Waals surface area (Å²) in [6.45, 7) is 1.09. The highest BCUT2D eigenvalue weighted by Crippen LogP contribution is 2.21. The minimum absolute atomic E-state index is 0.0586. The Balaban J connectivity index is 2.10. The van der Waals surface area contributed by atoms with E-state index in [0.717, 1.165) is 10.7 Å². The van der Waals surface area contributed by atoms with E-state index < -0.39 is 16.0 Å². The Bertz CT molecular complexity index is 577. The average Bonchev–Trinajstić information content (AvgIpc) is 3.05. The number of rotatable bonds is 6. The van der Waals surface area contributed by atoms with Crippen LogP contribution >= 0.6 is 0 Å². The van der Waals surface area contributed by atoms with Gasteiger partial charge in [0.2, 0.25) is 10.0 Å². The lowest BCUT2D eigenvalue weighted by Gasteiger charge is -2.14. The van der Waals surface area contributed by atoms with Crippen LogP contribution in [0.3, 0.4) is 0 Å². The molecule has 1 atom stereocenters. The van der Waals surface area contributed by atoms with Crippen molar-refractivity contribution in [3.05, 3.63) is 12.4 Å². The third-order valence-electron chi connectivity index (χ3n) is 3.21. The van der Waals surface area contributed by atoms with Crippen molar-refractivity contribution in [1.82, 2.24) is 14.1 Å². The third-order valence-corrected chi connectivity index (χ3v) is 5.02. The van der Waals surface area contributed by atoms with E-state index in [1.807, 2.05) is 0 Å². The van der Waals surface area contributed by atoms with Gasteiger partial charge in [-0.1, -0.05) is 0 Å². The fourth-order valence-corrected chi connectivity index (χ4v) is 3.05. The molecule has 2 heterocycles. The quantitative estimate of drug-likeness (QED) is 0.790. The van der Waals surface area contributed by atoms with Crippen LogP contribution in [0.1, 0.15) is 18.9 Å². The number of nitrogens with zero attached hydrogens (tertiary/aromatic N) is 3. The topological polar surface area (TPSA) is 102 Å². The summed E-state index contributed by atoms with van der Waals surface area (Å²) < 4.78 is 32.3. The zero-order valence-corrected chi connectivity index (χ0v) is 11.9. The van der Waals surface area contributed by atoms with Gasteiger partial charge < -0.3 is 9.84 Å². The summed E-state index contributed by atoms with van der Waals surface area (Å²) in [5.74, 6) is -1.04. The number of ether oxygens (including phenoxy) is 1. The summed E-state index contributed by atoms with van der Waals surface area (Å²) in [5, 5.41) is 12.7. The number of aliphatic carboxylic acids is 1. The van der Waals surface area contributed by atoms with Gasteiger partial charge in [0.05, 0.1) is 25.3 Å². The van der Waals surface area contributed by atoms with Gasteiger partial charge in [-0.25, -0.2) is 12.7 Å². The summed E-state index contributed by atoms with van der Waals surface area (Å²) in [6.07, 6.45) is 3.31. The summed E-state index contributed by atoms with van der Waals surface area (Å²) in [7, 11) is -2.34. The number of hydrogen-bond acceptors (Lipinski definition) is 5. The Labute approximate surface area is 117 Å². The molecule has 1 N–H and O–H groups in total. The lowest BCUT2D eigenvalue weighted by molar-refractivity contribution is -0.137. The Hall–Kier alpha value is -1.45. The van der Waals surface area contributed by atoms with E-state index in [2.05, 4.69) is 5.10 Å². The van der Waals surface area contributed by atoms with Gasteiger partial charge in [0.25, 0.3) is 0 Å². The molecule has 0 aromatic carbocycles. The molecule has 2 rings (SSSR count). The van der Waals surface area contributed by atoms with E-state index in [-0.39, 0.29) is 23.9 Å². The molecule has 112 valence electrons. The first-order valence-electron chi connectivity index (χ1n) is 6.21.